The van der Waals surface area contributed by atoms with E-state index in [1.807, 2.05) is 76.1 Å². The molecular weight excluding hydrogens is 358 g/mol. The smallest absolute Gasteiger partial charge is 0.269 e. The molecule has 1 aromatic carbocycles. The Bertz CT molecular complexity index is 1040. The van der Waals surface area contributed by atoms with Crippen molar-refractivity contribution in [3.8, 4) is 5.69 Å². The van der Waals surface area contributed by atoms with Gasteiger partial charge in [0.1, 0.15) is 11.3 Å². The summed E-state index contributed by atoms with van der Waals surface area (Å²) < 4.78 is 3.86. The third-order valence-electron chi connectivity index (χ3n) is 4.24. The molecule has 0 aliphatic rings. The van der Waals surface area contributed by atoms with Crippen LogP contribution in [0.15, 0.2) is 72.3 Å². The number of para-hydroxylation sites is 1. The van der Waals surface area contributed by atoms with E-state index in [4.69, 9.17) is 0 Å². The van der Waals surface area contributed by atoms with Gasteiger partial charge in [-0.2, -0.15) is 0 Å². The molecule has 1 amide bonds. The highest BCUT2D eigenvalue weighted by atomic mass is 32.2. The van der Waals surface area contributed by atoms with E-state index >= 15 is 0 Å². The van der Waals surface area contributed by atoms with Crippen LogP contribution >= 0.6 is 11.8 Å². The number of pyridine rings is 1. The van der Waals surface area contributed by atoms with E-state index in [9.17, 15) is 4.79 Å². The van der Waals surface area contributed by atoms with Gasteiger partial charge in [0.15, 0.2) is 5.16 Å². The van der Waals surface area contributed by atoms with Crippen molar-refractivity contribution in [3.63, 3.8) is 0 Å². The Kier molecular flexibility index (Phi) is 4.93. The molecule has 4 aromatic rings. The summed E-state index contributed by atoms with van der Waals surface area (Å²) in [4.78, 5) is 21.7. The maximum atomic E-state index is 12.7. The quantitative estimate of drug-likeness (QED) is 0.524. The summed E-state index contributed by atoms with van der Waals surface area (Å²) in [6.07, 6.45) is 8.20. The summed E-state index contributed by atoms with van der Waals surface area (Å²) in [5.74, 6) is -0.143. The average Bonchev–Trinajstić information content (AvgIpc) is 3.32. The van der Waals surface area contributed by atoms with Crippen molar-refractivity contribution in [2.24, 2.45) is 0 Å². The SMILES string of the molecule is CSc1ncc(C(=O)NCCc2cn3ccccc3n2)n1-c1ccccc1. The minimum atomic E-state index is -0.143. The monoisotopic (exact) mass is 377 g/mol. The van der Waals surface area contributed by atoms with Crippen LogP contribution < -0.4 is 5.32 Å². The molecule has 0 atom stereocenters. The van der Waals surface area contributed by atoms with Gasteiger partial charge in [-0.15, -0.1) is 0 Å². The molecule has 7 heteroatoms. The zero-order valence-electron chi connectivity index (χ0n) is 14.9. The van der Waals surface area contributed by atoms with E-state index < -0.39 is 0 Å². The number of rotatable bonds is 6. The number of nitrogens with zero attached hydrogens (tertiary/aromatic N) is 4. The van der Waals surface area contributed by atoms with Crippen molar-refractivity contribution in [1.29, 1.82) is 0 Å². The maximum Gasteiger partial charge on any atom is 0.269 e. The highest BCUT2D eigenvalue weighted by Gasteiger charge is 2.17. The van der Waals surface area contributed by atoms with Gasteiger partial charge >= 0.3 is 0 Å². The summed E-state index contributed by atoms with van der Waals surface area (Å²) in [5.41, 5.74) is 3.30. The molecule has 27 heavy (non-hydrogen) atoms. The Hall–Kier alpha value is -3.06. The van der Waals surface area contributed by atoms with Crippen molar-refractivity contribution in [3.05, 3.63) is 78.5 Å². The van der Waals surface area contributed by atoms with Crippen LogP contribution in [0.3, 0.4) is 0 Å². The van der Waals surface area contributed by atoms with Crippen LogP contribution in [0.4, 0.5) is 0 Å². The Morgan fingerprint density at radius 3 is 2.74 bits per heavy atom. The van der Waals surface area contributed by atoms with Crippen molar-refractivity contribution in [2.45, 2.75) is 11.6 Å². The molecule has 0 saturated carbocycles. The number of nitrogens with one attached hydrogen (secondary N) is 1. The van der Waals surface area contributed by atoms with Gasteiger partial charge in [-0.05, 0) is 30.5 Å². The Labute approximate surface area is 161 Å². The van der Waals surface area contributed by atoms with Crippen LogP contribution in [-0.2, 0) is 6.42 Å². The van der Waals surface area contributed by atoms with Crippen LogP contribution in [0.25, 0.3) is 11.3 Å². The number of carbonyl (C=O) groups is 1. The van der Waals surface area contributed by atoms with Crippen molar-refractivity contribution in [2.75, 3.05) is 12.8 Å². The number of fused-ring (bicyclic) bond motifs is 1. The predicted molar refractivity (Wildman–Crippen MR) is 107 cm³/mol. The summed E-state index contributed by atoms with van der Waals surface area (Å²) in [5, 5.41) is 3.77. The summed E-state index contributed by atoms with van der Waals surface area (Å²) >= 11 is 1.51. The number of imidazole rings is 2. The highest BCUT2D eigenvalue weighted by Crippen LogP contribution is 2.21. The lowest BCUT2D eigenvalue weighted by atomic mass is 10.3. The fourth-order valence-corrected chi connectivity index (χ4v) is 3.51. The van der Waals surface area contributed by atoms with Gasteiger partial charge in [0.2, 0.25) is 0 Å². The van der Waals surface area contributed by atoms with Gasteiger partial charge in [0.25, 0.3) is 5.91 Å². The van der Waals surface area contributed by atoms with Gasteiger partial charge in [-0.25, -0.2) is 9.97 Å². The van der Waals surface area contributed by atoms with E-state index in [1.165, 1.54) is 11.8 Å². The van der Waals surface area contributed by atoms with Crippen LogP contribution in [-0.4, -0.2) is 37.6 Å². The van der Waals surface area contributed by atoms with Gasteiger partial charge in [0, 0.05) is 31.0 Å². The average molecular weight is 377 g/mol. The zero-order valence-corrected chi connectivity index (χ0v) is 15.7. The molecule has 0 aliphatic heterocycles. The Morgan fingerprint density at radius 1 is 1.15 bits per heavy atom. The maximum absolute atomic E-state index is 12.7. The van der Waals surface area contributed by atoms with Crippen molar-refractivity contribution >= 4 is 23.3 Å². The van der Waals surface area contributed by atoms with Gasteiger partial charge < -0.3 is 9.72 Å². The number of benzene rings is 1. The molecule has 0 fully saturated rings. The van der Waals surface area contributed by atoms with Crippen molar-refractivity contribution in [1.82, 2.24) is 24.3 Å². The third kappa shape index (κ3) is 3.59. The molecule has 0 spiro atoms. The number of thioether (sulfide) groups is 1. The lowest BCUT2D eigenvalue weighted by Crippen LogP contribution is -2.27. The molecule has 1 N–H and O–H groups in total. The lowest BCUT2D eigenvalue weighted by Gasteiger charge is -2.11. The van der Waals surface area contributed by atoms with Crippen LogP contribution in [0, 0.1) is 0 Å². The van der Waals surface area contributed by atoms with E-state index in [0.717, 1.165) is 22.2 Å². The van der Waals surface area contributed by atoms with Crippen LogP contribution in [0.5, 0.6) is 0 Å². The van der Waals surface area contributed by atoms with Gasteiger partial charge in [0.05, 0.1) is 11.9 Å². The molecule has 4 rings (SSSR count). The largest absolute Gasteiger partial charge is 0.350 e. The molecule has 0 radical (unpaired) electrons. The number of carbonyl (C=O) groups excluding carboxylic acids is 1. The lowest BCUT2D eigenvalue weighted by molar-refractivity contribution is 0.0946. The fraction of sp³-hybridized carbons (Fsp3) is 0.150. The van der Waals surface area contributed by atoms with E-state index in [1.54, 1.807) is 6.20 Å². The minimum absolute atomic E-state index is 0.143. The Morgan fingerprint density at radius 2 is 1.96 bits per heavy atom. The fourth-order valence-electron chi connectivity index (χ4n) is 2.97. The first kappa shape index (κ1) is 17.4. The molecule has 6 nitrogen and oxygen atoms in total. The Balaban J connectivity index is 1.48. The normalized spacial score (nSPS) is 11.0. The van der Waals surface area contributed by atoms with Gasteiger partial charge in [-0.3, -0.25) is 9.36 Å². The standard InChI is InChI=1S/C20H19N5OS/c1-27-20-22-13-17(25(20)16-7-3-2-4-8-16)19(26)21-11-10-15-14-24-12-6-5-9-18(24)23-15/h2-9,12-14H,10-11H2,1H3,(H,21,26). The molecule has 0 aliphatic carbocycles. The second-order valence-electron chi connectivity index (χ2n) is 6.01. The number of aromatic nitrogens is 4. The second-order valence-corrected chi connectivity index (χ2v) is 6.78. The molecule has 0 unspecified atom stereocenters. The third-order valence-corrected chi connectivity index (χ3v) is 4.89. The topological polar surface area (TPSA) is 64.2 Å². The molecule has 3 aromatic heterocycles. The molecule has 0 bridgehead atoms. The number of amides is 1. The zero-order chi connectivity index (χ0) is 18.6. The molecular formula is C20H19N5OS. The predicted octanol–water partition coefficient (Wildman–Crippen LogP) is 3.21. The molecule has 3 heterocycles. The number of hydrogen-bond donors (Lipinski definition) is 1. The summed E-state index contributed by atoms with van der Waals surface area (Å²) in [7, 11) is 0. The van der Waals surface area contributed by atoms with Crippen LogP contribution in [0.2, 0.25) is 0 Å². The van der Waals surface area contributed by atoms with Crippen molar-refractivity contribution < 1.29 is 4.79 Å². The molecule has 136 valence electrons. The molecule has 0 saturated heterocycles. The summed E-state index contributed by atoms with van der Waals surface area (Å²) in [6.45, 7) is 0.511. The number of hydrogen-bond acceptors (Lipinski definition) is 4. The van der Waals surface area contributed by atoms with E-state index in [2.05, 4.69) is 15.3 Å². The van der Waals surface area contributed by atoms with Gasteiger partial charge in [-0.1, -0.05) is 36.0 Å². The summed E-state index contributed by atoms with van der Waals surface area (Å²) in [6, 6.07) is 15.7. The van der Waals surface area contributed by atoms with Crippen LogP contribution in [0.1, 0.15) is 16.2 Å². The highest BCUT2D eigenvalue weighted by molar-refractivity contribution is 7.98. The van der Waals surface area contributed by atoms with E-state index in [-0.39, 0.29) is 5.91 Å². The first-order valence-electron chi connectivity index (χ1n) is 8.64. The minimum Gasteiger partial charge on any atom is -0.350 e. The first-order valence-corrected chi connectivity index (χ1v) is 9.86. The first-order chi connectivity index (χ1) is 13.3. The second kappa shape index (κ2) is 7.67. The van der Waals surface area contributed by atoms with E-state index in [0.29, 0.717) is 18.7 Å².